The molecule has 0 radical (unpaired) electrons. The molecule has 0 amide bonds. The van der Waals surface area contributed by atoms with Gasteiger partial charge in [-0.1, -0.05) is 54.6 Å². The van der Waals surface area contributed by atoms with Gasteiger partial charge in [-0.15, -0.1) is 0 Å². The lowest BCUT2D eigenvalue weighted by atomic mass is 9.82. The maximum absolute atomic E-state index is 9.89. The summed E-state index contributed by atoms with van der Waals surface area (Å²) in [6.45, 7) is 0. The summed E-state index contributed by atoms with van der Waals surface area (Å²) in [4.78, 5) is 0. The lowest BCUT2D eigenvalue weighted by Gasteiger charge is -2.23. The molecule has 1 nitrogen and oxygen atoms in total. The normalized spacial score (nSPS) is 13.3. The molecule has 72 valence electrons. The fourth-order valence-electron chi connectivity index (χ4n) is 2.00. The topological polar surface area (TPSA) is 20.2 Å². The van der Waals surface area contributed by atoms with E-state index in [1.807, 2.05) is 54.6 Å². The van der Waals surface area contributed by atoms with E-state index in [1.54, 1.807) is 0 Å². The van der Waals surface area contributed by atoms with E-state index in [0.29, 0.717) is 5.76 Å². The molecule has 3 rings (SSSR count). The SMILES string of the molecule is OC1=C(c2ccccc2)c2ccccc21. The Bertz CT molecular complexity index is 538. The summed E-state index contributed by atoms with van der Waals surface area (Å²) in [7, 11) is 0. The summed E-state index contributed by atoms with van der Waals surface area (Å²) in [5.74, 6) is 0.414. The van der Waals surface area contributed by atoms with E-state index < -0.39 is 0 Å². The van der Waals surface area contributed by atoms with Gasteiger partial charge in [-0.05, 0) is 11.1 Å². The summed E-state index contributed by atoms with van der Waals surface area (Å²) >= 11 is 0. The second-order valence-electron chi connectivity index (χ2n) is 3.64. The Morgan fingerprint density at radius 1 is 0.667 bits per heavy atom. The number of hydrogen-bond donors (Lipinski definition) is 1. The molecule has 0 atom stereocenters. The number of aliphatic hydroxyl groups is 1. The molecule has 1 aliphatic carbocycles. The largest absolute Gasteiger partial charge is 0.507 e. The molecule has 0 unspecified atom stereocenters. The van der Waals surface area contributed by atoms with Crippen molar-refractivity contribution in [3.63, 3.8) is 0 Å². The van der Waals surface area contributed by atoms with Crippen LogP contribution in [0.4, 0.5) is 0 Å². The van der Waals surface area contributed by atoms with Crippen molar-refractivity contribution >= 4 is 11.3 Å². The molecule has 0 aromatic heterocycles. The number of rotatable bonds is 1. The maximum atomic E-state index is 9.89. The van der Waals surface area contributed by atoms with Crippen LogP contribution in [0.2, 0.25) is 0 Å². The Balaban J connectivity index is 2.15. The summed E-state index contributed by atoms with van der Waals surface area (Å²) in [5.41, 5.74) is 4.14. The molecule has 0 bridgehead atoms. The van der Waals surface area contributed by atoms with Gasteiger partial charge >= 0.3 is 0 Å². The average Bonchev–Trinajstić information content (AvgIpc) is 2.30. The highest BCUT2D eigenvalue weighted by Gasteiger charge is 2.25. The first kappa shape index (κ1) is 8.30. The van der Waals surface area contributed by atoms with Crippen LogP contribution in [0, 0.1) is 0 Å². The second-order valence-corrected chi connectivity index (χ2v) is 3.64. The maximum Gasteiger partial charge on any atom is 0.131 e. The Labute approximate surface area is 88.3 Å². The molecule has 0 saturated heterocycles. The van der Waals surface area contributed by atoms with E-state index in [9.17, 15) is 5.11 Å². The number of aliphatic hydroxyl groups excluding tert-OH is 1. The van der Waals surface area contributed by atoms with Gasteiger partial charge < -0.3 is 5.11 Å². The van der Waals surface area contributed by atoms with Crippen molar-refractivity contribution in [1.82, 2.24) is 0 Å². The van der Waals surface area contributed by atoms with Crippen LogP contribution < -0.4 is 0 Å². The van der Waals surface area contributed by atoms with Crippen molar-refractivity contribution in [1.29, 1.82) is 0 Å². The molecule has 0 saturated carbocycles. The number of fused-ring (bicyclic) bond motifs is 1. The Kier molecular flexibility index (Phi) is 1.65. The molecular formula is C14H10O. The predicted octanol–water partition coefficient (Wildman–Crippen LogP) is 3.47. The quantitative estimate of drug-likeness (QED) is 0.736. The molecule has 2 aromatic carbocycles. The molecule has 0 fully saturated rings. The van der Waals surface area contributed by atoms with Gasteiger partial charge in [0.2, 0.25) is 0 Å². The Morgan fingerprint density at radius 2 is 1.27 bits per heavy atom. The van der Waals surface area contributed by atoms with Crippen molar-refractivity contribution in [3.05, 3.63) is 71.3 Å². The molecular weight excluding hydrogens is 184 g/mol. The van der Waals surface area contributed by atoms with Gasteiger partial charge in [-0.3, -0.25) is 0 Å². The minimum Gasteiger partial charge on any atom is -0.507 e. The standard InChI is InChI=1S/C14H10O/c15-14-12-9-5-4-8-11(12)13(14)10-6-2-1-3-7-10/h1-9,15H. The number of hydrogen-bond acceptors (Lipinski definition) is 1. The van der Waals surface area contributed by atoms with Crippen LogP contribution in [0.1, 0.15) is 16.7 Å². The Hall–Kier alpha value is -2.02. The van der Waals surface area contributed by atoms with Crippen LogP contribution >= 0.6 is 0 Å². The van der Waals surface area contributed by atoms with E-state index in [2.05, 4.69) is 0 Å². The van der Waals surface area contributed by atoms with E-state index in [1.165, 1.54) is 0 Å². The highest BCUT2D eigenvalue weighted by molar-refractivity contribution is 6.06. The third kappa shape index (κ3) is 1.10. The second kappa shape index (κ2) is 2.99. The van der Waals surface area contributed by atoms with Crippen molar-refractivity contribution in [2.24, 2.45) is 0 Å². The highest BCUT2D eigenvalue weighted by Crippen LogP contribution is 2.42. The predicted molar refractivity (Wildman–Crippen MR) is 61.4 cm³/mol. The molecule has 0 heterocycles. The molecule has 15 heavy (non-hydrogen) atoms. The zero-order valence-electron chi connectivity index (χ0n) is 8.14. The molecule has 0 spiro atoms. The third-order valence-electron chi connectivity index (χ3n) is 2.75. The zero-order chi connectivity index (χ0) is 10.3. The molecule has 0 aliphatic heterocycles. The summed E-state index contributed by atoms with van der Waals surface area (Å²) in [5, 5.41) is 9.89. The number of benzene rings is 2. The first-order valence-corrected chi connectivity index (χ1v) is 4.96. The fraction of sp³-hybridized carbons (Fsp3) is 0. The fourth-order valence-corrected chi connectivity index (χ4v) is 2.00. The smallest absolute Gasteiger partial charge is 0.131 e. The summed E-state index contributed by atoms with van der Waals surface area (Å²) in [6, 6.07) is 17.9. The van der Waals surface area contributed by atoms with E-state index in [0.717, 1.165) is 22.3 Å². The van der Waals surface area contributed by atoms with E-state index in [-0.39, 0.29) is 0 Å². The van der Waals surface area contributed by atoms with Crippen LogP contribution in [-0.4, -0.2) is 5.11 Å². The average molecular weight is 194 g/mol. The van der Waals surface area contributed by atoms with Crippen LogP contribution in [0.25, 0.3) is 11.3 Å². The molecule has 1 heteroatoms. The van der Waals surface area contributed by atoms with Gasteiger partial charge in [0.05, 0.1) is 0 Å². The lowest BCUT2D eigenvalue weighted by Crippen LogP contribution is -2.06. The molecule has 2 aromatic rings. The van der Waals surface area contributed by atoms with Gasteiger partial charge in [0, 0.05) is 11.1 Å². The Morgan fingerprint density at radius 3 is 2.00 bits per heavy atom. The van der Waals surface area contributed by atoms with Gasteiger partial charge in [0.1, 0.15) is 5.76 Å². The van der Waals surface area contributed by atoms with Gasteiger partial charge in [0.15, 0.2) is 0 Å². The van der Waals surface area contributed by atoms with Crippen LogP contribution in [-0.2, 0) is 0 Å². The highest BCUT2D eigenvalue weighted by atomic mass is 16.3. The van der Waals surface area contributed by atoms with Crippen molar-refractivity contribution in [2.75, 3.05) is 0 Å². The molecule has 1 aliphatic rings. The molecule has 1 N–H and O–H groups in total. The van der Waals surface area contributed by atoms with Crippen molar-refractivity contribution in [3.8, 4) is 0 Å². The van der Waals surface area contributed by atoms with E-state index >= 15 is 0 Å². The van der Waals surface area contributed by atoms with Gasteiger partial charge in [0.25, 0.3) is 0 Å². The minimum absolute atomic E-state index is 0.414. The van der Waals surface area contributed by atoms with Crippen molar-refractivity contribution in [2.45, 2.75) is 0 Å². The van der Waals surface area contributed by atoms with Crippen LogP contribution in [0.3, 0.4) is 0 Å². The van der Waals surface area contributed by atoms with Crippen LogP contribution in [0.5, 0.6) is 0 Å². The zero-order valence-corrected chi connectivity index (χ0v) is 8.14. The lowest BCUT2D eigenvalue weighted by molar-refractivity contribution is 0.508. The van der Waals surface area contributed by atoms with Crippen molar-refractivity contribution < 1.29 is 5.11 Å². The monoisotopic (exact) mass is 194 g/mol. The van der Waals surface area contributed by atoms with Gasteiger partial charge in [-0.2, -0.15) is 0 Å². The third-order valence-corrected chi connectivity index (χ3v) is 2.75. The van der Waals surface area contributed by atoms with Crippen LogP contribution in [0.15, 0.2) is 54.6 Å². The first-order chi connectivity index (χ1) is 7.38. The van der Waals surface area contributed by atoms with E-state index in [4.69, 9.17) is 0 Å². The summed E-state index contributed by atoms with van der Waals surface area (Å²) < 4.78 is 0. The first-order valence-electron chi connectivity index (χ1n) is 4.96. The van der Waals surface area contributed by atoms with Gasteiger partial charge in [-0.25, -0.2) is 0 Å². The summed E-state index contributed by atoms with van der Waals surface area (Å²) in [6.07, 6.45) is 0. The minimum atomic E-state index is 0.414.